The van der Waals surface area contributed by atoms with Gasteiger partial charge in [0.15, 0.2) is 0 Å². The first-order valence-corrected chi connectivity index (χ1v) is 12.8. The number of aromatic nitrogens is 1. The molecule has 9 heteroatoms. The van der Waals surface area contributed by atoms with Gasteiger partial charge in [-0.05, 0) is 63.2 Å². The fourth-order valence-electron chi connectivity index (χ4n) is 4.32. The van der Waals surface area contributed by atoms with E-state index in [2.05, 4.69) is 4.90 Å². The Balaban J connectivity index is 1.94. The van der Waals surface area contributed by atoms with Crippen molar-refractivity contribution in [3.05, 3.63) is 76.9 Å². The topological polar surface area (TPSA) is 86.4 Å². The van der Waals surface area contributed by atoms with Crippen molar-refractivity contribution in [3.8, 4) is 6.07 Å². The minimum absolute atomic E-state index is 0.0358. The van der Waals surface area contributed by atoms with Crippen molar-refractivity contribution < 1.29 is 17.6 Å². The molecule has 0 bridgehead atoms. The number of carbonyl (C=O) groups is 1. The molecule has 1 fully saturated rings. The molecule has 1 aromatic heterocycles. The first kappa shape index (κ1) is 24.6. The fraction of sp³-hybridized carbons (Fsp3) is 0.308. The van der Waals surface area contributed by atoms with Crippen molar-refractivity contribution >= 4 is 26.7 Å². The summed E-state index contributed by atoms with van der Waals surface area (Å²) in [6.07, 6.45) is 3.45. The lowest BCUT2D eigenvalue weighted by Crippen LogP contribution is -2.20. The number of benzene rings is 2. The van der Waals surface area contributed by atoms with E-state index in [0.717, 1.165) is 35.5 Å². The number of carbonyl (C=O) groups excluding carboxylic acids is 1. The normalized spacial score (nSPS) is 14.9. The van der Waals surface area contributed by atoms with E-state index in [-0.39, 0.29) is 21.7 Å². The highest BCUT2D eigenvalue weighted by molar-refractivity contribution is 7.90. The third-order valence-electron chi connectivity index (χ3n) is 6.06. The number of aryl methyl sites for hydroxylation is 1. The molecule has 0 N–H and O–H groups in total. The number of allylic oxidation sites excluding steroid dienone is 1. The van der Waals surface area contributed by atoms with Crippen LogP contribution in [0.2, 0.25) is 0 Å². The van der Waals surface area contributed by atoms with Gasteiger partial charge in [-0.25, -0.2) is 16.8 Å². The van der Waals surface area contributed by atoms with Crippen LogP contribution in [0.3, 0.4) is 0 Å². The number of ketones is 1. The van der Waals surface area contributed by atoms with Gasteiger partial charge in [-0.1, -0.05) is 17.7 Å². The molecular weight excluding hydrogens is 467 g/mol. The molecule has 1 saturated heterocycles. The lowest BCUT2D eigenvalue weighted by Gasteiger charge is -2.16. The molecule has 0 radical (unpaired) electrons. The van der Waals surface area contributed by atoms with Crippen LogP contribution in [-0.2, 0) is 16.6 Å². The predicted molar refractivity (Wildman–Crippen MR) is 132 cm³/mol. The number of halogens is 1. The van der Waals surface area contributed by atoms with Gasteiger partial charge in [-0.2, -0.15) is 5.26 Å². The molecule has 182 valence electrons. The van der Waals surface area contributed by atoms with Gasteiger partial charge >= 0.3 is 0 Å². The van der Waals surface area contributed by atoms with Crippen molar-refractivity contribution in [1.82, 2.24) is 13.8 Å². The van der Waals surface area contributed by atoms with Crippen LogP contribution in [0.5, 0.6) is 0 Å². The zero-order valence-electron chi connectivity index (χ0n) is 20.0. The Bertz CT molecular complexity index is 1460. The summed E-state index contributed by atoms with van der Waals surface area (Å²) in [7, 11) is -0.956. The molecule has 2 aromatic carbocycles. The van der Waals surface area contributed by atoms with Crippen molar-refractivity contribution in [2.45, 2.75) is 31.2 Å². The highest BCUT2D eigenvalue weighted by Gasteiger charge is 2.29. The van der Waals surface area contributed by atoms with Gasteiger partial charge in [0.05, 0.1) is 10.4 Å². The maximum absolute atomic E-state index is 15.2. The average Bonchev–Trinajstić information content (AvgIpc) is 3.45. The average molecular weight is 495 g/mol. The second-order valence-electron chi connectivity index (χ2n) is 9.05. The number of Topliss-reactive ketones (excluding diaryl/α,β-unsaturated/α-hetero) is 1. The highest BCUT2D eigenvalue weighted by atomic mass is 32.2. The van der Waals surface area contributed by atoms with E-state index in [1.54, 1.807) is 32.3 Å². The van der Waals surface area contributed by atoms with Gasteiger partial charge in [0.25, 0.3) is 10.0 Å². The lowest BCUT2D eigenvalue weighted by molar-refractivity contribution is 0.103. The van der Waals surface area contributed by atoms with Gasteiger partial charge in [-0.3, -0.25) is 9.69 Å². The first-order chi connectivity index (χ1) is 16.6. The zero-order valence-corrected chi connectivity index (χ0v) is 20.8. The number of nitriles is 1. The Hall–Kier alpha value is -3.48. The molecule has 0 saturated carbocycles. The molecule has 0 amide bonds. The summed E-state index contributed by atoms with van der Waals surface area (Å²) in [5, 5.41) is 10.00. The maximum Gasteiger partial charge on any atom is 0.268 e. The van der Waals surface area contributed by atoms with Crippen LogP contribution in [0.15, 0.2) is 59.1 Å². The Morgan fingerprint density at radius 3 is 2.40 bits per heavy atom. The molecule has 0 atom stereocenters. The summed E-state index contributed by atoms with van der Waals surface area (Å²) in [6.45, 7) is 4.00. The van der Waals surface area contributed by atoms with E-state index >= 15 is 4.39 Å². The summed E-state index contributed by atoms with van der Waals surface area (Å²) in [6, 6.07) is 12.3. The van der Waals surface area contributed by atoms with E-state index in [1.165, 1.54) is 35.4 Å². The molecule has 2 heterocycles. The second kappa shape index (κ2) is 9.64. The lowest BCUT2D eigenvalue weighted by atomic mass is 10.1. The largest absolute Gasteiger partial charge is 0.382 e. The van der Waals surface area contributed by atoms with E-state index in [0.29, 0.717) is 17.5 Å². The number of rotatable bonds is 7. The summed E-state index contributed by atoms with van der Waals surface area (Å²) < 4.78 is 43.5. The number of fused-ring (bicyclic) bond motifs is 1. The molecule has 4 rings (SSSR count). The molecule has 0 aliphatic carbocycles. The van der Waals surface area contributed by atoms with Crippen molar-refractivity contribution in [2.75, 3.05) is 27.2 Å². The van der Waals surface area contributed by atoms with E-state index < -0.39 is 21.6 Å². The Morgan fingerprint density at radius 1 is 1.14 bits per heavy atom. The second-order valence-corrected chi connectivity index (χ2v) is 10.8. The van der Waals surface area contributed by atoms with Crippen LogP contribution in [0, 0.1) is 24.1 Å². The van der Waals surface area contributed by atoms with Gasteiger partial charge in [-0.15, -0.1) is 0 Å². The van der Waals surface area contributed by atoms with Crippen LogP contribution in [0.1, 0.15) is 34.5 Å². The van der Waals surface area contributed by atoms with Crippen molar-refractivity contribution in [1.29, 1.82) is 5.26 Å². The number of likely N-dealkylation sites (tertiary alicyclic amines) is 1. The van der Waals surface area contributed by atoms with Gasteiger partial charge in [0.2, 0.25) is 5.78 Å². The molecule has 0 spiro atoms. The Morgan fingerprint density at radius 2 is 1.80 bits per heavy atom. The van der Waals surface area contributed by atoms with Crippen LogP contribution >= 0.6 is 0 Å². The number of hydrogen-bond acceptors (Lipinski definition) is 6. The summed E-state index contributed by atoms with van der Waals surface area (Å²) in [5.74, 6) is -1.29. The molecule has 3 aromatic rings. The third kappa shape index (κ3) is 4.85. The Labute approximate surface area is 204 Å². The maximum atomic E-state index is 15.2. The van der Waals surface area contributed by atoms with E-state index in [1.807, 2.05) is 13.0 Å². The quantitative estimate of drug-likeness (QED) is 0.280. The van der Waals surface area contributed by atoms with Crippen LogP contribution in [-0.4, -0.2) is 55.2 Å². The summed E-state index contributed by atoms with van der Waals surface area (Å²) in [4.78, 5) is 17.0. The smallest absolute Gasteiger partial charge is 0.268 e. The van der Waals surface area contributed by atoms with Crippen molar-refractivity contribution in [3.63, 3.8) is 0 Å². The highest BCUT2D eigenvalue weighted by Crippen LogP contribution is 2.30. The van der Waals surface area contributed by atoms with Gasteiger partial charge in [0.1, 0.15) is 23.2 Å². The number of hydrogen-bond donors (Lipinski definition) is 0. The van der Waals surface area contributed by atoms with Crippen LogP contribution in [0.4, 0.5) is 4.39 Å². The molecule has 0 unspecified atom stereocenters. The Kier molecular flexibility index (Phi) is 6.79. The first-order valence-electron chi connectivity index (χ1n) is 11.3. The molecule has 35 heavy (non-hydrogen) atoms. The monoisotopic (exact) mass is 494 g/mol. The minimum Gasteiger partial charge on any atom is -0.382 e. The summed E-state index contributed by atoms with van der Waals surface area (Å²) in [5.41, 5.74) is 0.922. The van der Waals surface area contributed by atoms with Gasteiger partial charge < -0.3 is 4.90 Å². The summed E-state index contributed by atoms with van der Waals surface area (Å²) >= 11 is 0. The van der Waals surface area contributed by atoms with Crippen molar-refractivity contribution in [2.24, 2.45) is 0 Å². The van der Waals surface area contributed by atoms with Gasteiger partial charge in [0, 0.05) is 37.8 Å². The number of nitrogens with zero attached hydrogens (tertiary/aromatic N) is 4. The molecule has 7 nitrogen and oxygen atoms in total. The fourth-order valence-corrected chi connectivity index (χ4v) is 5.83. The van der Waals surface area contributed by atoms with Crippen LogP contribution in [0.25, 0.3) is 10.9 Å². The third-order valence-corrected chi connectivity index (χ3v) is 7.80. The predicted octanol–water partition coefficient (Wildman–Crippen LogP) is 4.07. The van der Waals surface area contributed by atoms with E-state index in [9.17, 15) is 18.5 Å². The molecule has 1 aliphatic heterocycles. The van der Waals surface area contributed by atoms with Crippen LogP contribution < -0.4 is 0 Å². The zero-order chi connectivity index (χ0) is 25.3. The molecule has 1 aliphatic rings. The SMILES string of the molecule is Cc1ccc(S(=O)(=O)n2c(C(=O)/C(C#N)=C\N(C)C)cc3cc(CN4CCCC4)c(F)cc32)cc1. The molecular formula is C26H27FN4O3S. The standard InChI is InChI=1S/C26H27FN4O3S/c1-18-6-8-22(9-7-18)35(33,34)31-24-14-23(27)20(17-30-10-4-5-11-30)12-19(24)13-25(31)26(32)21(15-28)16-29(2)3/h6-9,12-14,16H,4-5,10-11,17H2,1-3H3/b21-16-. The minimum atomic E-state index is -4.27. The van der Waals surface area contributed by atoms with E-state index in [4.69, 9.17) is 0 Å².